The Morgan fingerprint density at radius 2 is 1.80 bits per heavy atom. The van der Waals surface area contributed by atoms with Crippen molar-refractivity contribution in [1.82, 2.24) is 5.32 Å². The van der Waals surface area contributed by atoms with E-state index in [0.717, 1.165) is 11.3 Å². The monoisotopic (exact) mass is 346 g/mol. The Kier molecular flexibility index (Phi) is 7.91. The summed E-state index contributed by atoms with van der Waals surface area (Å²) in [5, 5.41) is 25.6. The van der Waals surface area contributed by atoms with E-state index in [0.29, 0.717) is 18.5 Å². The number of amides is 1. The molecule has 4 N–H and O–H groups in total. The summed E-state index contributed by atoms with van der Waals surface area (Å²) in [7, 11) is 1.62. The minimum atomic E-state index is -0.765. The number of phenols is 1. The molecule has 0 saturated heterocycles. The Morgan fingerprint density at radius 1 is 1.16 bits per heavy atom. The van der Waals surface area contributed by atoms with Gasteiger partial charge in [0.1, 0.15) is 11.5 Å². The molecule has 0 aliphatic carbocycles. The molecule has 0 heterocycles. The topological polar surface area (TPSA) is 90.8 Å². The van der Waals surface area contributed by atoms with E-state index in [1.807, 2.05) is 31.2 Å². The summed E-state index contributed by atoms with van der Waals surface area (Å²) in [4.78, 5) is 10.5. The summed E-state index contributed by atoms with van der Waals surface area (Å²) in [6.07, 6.45) is -0.284. The summed E-state index contributed by atoms with van der Waals surface area (Å²) in [6.45, 7) is 2.34. The van der Waals surface area contributed by atoms with E-state index in [1.54, 1.807) is 19.2 Å². The van der Waals surface area contributed by atoms with Gasteiger partial charge in [-0.1, -0.05) is 25.6 Å². The number of rotatable bonds is 8. The predicted octanol–water partition coefficient (Wildman–Crippen LogP) is 2.99. The number of aliphatic hydroxyl groups excluding tert-OH is 1. The molecule has 0 aromatic heterocycles. The van der Waals surface area contributed by atoms with Crippen LogP contribution >= 0.6 is 0 Å². The number of hydrogen-bond acceptors (Lipinski definition) is 5. The summed E-state index contributed by atoms with van der Waals surface area (Å²) >= 11 is 0. The van der Waals surface area contributed by atoms with Crippen molar-refractivity contribution < 1.29 is 19.7 Å². The lowest BCUT2D eigenvalue weighted by Gasteiger charge is -2.18. The van der Waals surface area contributed by atoms with E-state index >= 15 is 0 Å². The highest BCUT2D eigenvalue weighted by Crippen LogP contribution is 2.27. The first-order valence-corrected chi connectivity index (χ1v) is 7.63. The van der Waals surface area contributed by atoms with E-state index in [9.17, 15) is 15.0 Å². The number of benzene rings is 2. The minimum Gasteiger partial charge on any atom is -0.506 e. The van der Waals surface area contributed by atoms with Crippen LogP contribution in [0.5, 0.6) is 11.5 Å². The normalized spacial score (nSPS) is 12.6. The Hall–Kier alpha value is -2.57. The molecule has 1 amide bonds. The number of methoxy groups -OCH3 is 1. The fourth-order valence-corrected chi connectivity index (χ4v) is 2.36. The van der Waals surface area contributed by atoms with Gasteiger partial charge < -0.3 is 25.6 Å². The smallest absolute Gasteiger partial charge is 0.211 e. The number of phenolic OH excluding ortho intramolecular Hbond substituents is 1. The molecular weight excluding hydrogens is 320 g/mol. The molecule has 0 aliphatic heterocycles. The first kappa shape index (κ1) is 20.5. The number of ether oxygens (including phenoxy) is 1. The number of carbonyl (C=O) groups is 1. The molecule has 0 radical (unpaired) electrons. The van der Waals surface area contributed by atoms with Crippen molar-refractivity contribution in [3.05, 3.63) is 53.6 Å². The zero-order chi connectivity index (χ0) is 17.5. The van der Waals surface area contributed by atoms with E-state index in [1.165, 1.54) is 6.07 Å². The highest BCUT2D eigenvalue weighted by Gasteiger charge is 2.13. The molecule has 2 atom stereocenters. The van der Waals surface area contributed by atoms with Gasteiger partial charge in [-0.2, -0.15) is 0 Å². The van der Waals surface area contributed by atoms with Crippen molar-refractivity contribution in [3.8, 4) is 11.5 Å². The second-order valence-electron chi connectivity index (χ2n) is 5.46. The number of hydrogen-bond donors (Lipinski definition) is 4. The van der Waals surface area contributed by atoms with Crippen molar-refractivity contribution in [2.75, 3.05) is 19.0 Å². The Labute approximate surface area is 148 Å². The summed E-state index contributed by atoms with van der Waals surface area (Å²) in [5.74, 6) is 0.753. The van der Waals surface area contributed by atoms with Crippen molar-refractivity contribution in [2.24, 2.45) is 0 Å². The Morgan fingerprint density at radius 3 is 2.40 bits per heavy atom. The molecule has 6 nitrogen and oxygen atoms in total. The van der Waals surface area contributed by atoms with Crippen LogP contribution in [-0.4, -0.2) is 30.3 Å². The zero-order valence-electron chi connectivity index (χ0n) is 13.7. The summed E-state index contributed by atoms with van der Waals surface area (Å²) < 4.78 is 5.13. The maximum Gasteiger partial charge on any atom is 0.211 e. The van der Waals surface area contributed by atoms with Crippen LogP contribution < -0.4 is 15.4 Å². The molecule has 0 saturated carbocycles. The summed E-state index contributed by atoms with van der Waals surface area (Å²) in [6, 6.07) is 12.4. The van der Waals surface area contributed by atoms with Crippen LogP contribution in [0.15, 0.2) is 42.5 Å². The van der Waals surface area contributed by atoms with Gasteiger partial charge in [0.05, 0.1) is 18.9 Å². The Bertz CT molecular complexity index is 674. The molecular formula is C19H26N2O4. The van der Waals surface area contributed by atoms with Gasteiger partial charge in [-0.3, -0.25) is 4.79 Å². The van der Waals surface area contributed by atoms with Crippen molar-refractivity contribution in [3.63, 3.8) is 0 Å². The predicted molar refractivity (Wildman–Crippen MR) is 98.9 cm³/mol. The van der Waals surface area contributed by atoms with Crippen LogP contribution in [0.2, 0.25) is 0 Å². The van der Waals surface area contributed by atoms with Gasteiger partial charge >= 0.3 is 0 Å². The summed E-state index contributed by atoms with van der Waals surface area (Å²) in [5.41, 5.74) is 1.95. The third-order valence-electron chi connectivity index (χ3n) is 3.85. The van der Waals surface area contributed by atoms with Crippen LogP contribution in [0.1, 0.15) is 37.6 Å². The first-order chi connectivity index (χ1) is 11.5. The van der Waals surface area contributed by atoms with Crippen LogP contribution in [0, 0.1) is 0 Å². The first-order valence-electron chi connectivity index (χ1n) is 7.63. The fourth-order valence-electron chi connectivity index (χ4n) is 2.36. The molecule has 2 aromatic carbocycles. The molecule has 0 spiro atoms. The maximum atomic E-state index is 10.5. The lowest BCUT2D eigenvalue weighted by Crippen LogP contribution is -2.24. The molecule has 6 heteroatoms. The van der Waals surface area contributed by atoms with Crippen molar-refractivity contribution in [1.29, 1.82) is 0 Å². The van der Waals surface area contributed by atoms with E-state index in [4.69, 9.17) is 4.74 Å². The zero-order valence-corrected chi connectivity index (χ0v) is 13.7. The molecule has 2 aromatic rings. The maximum absolute atomic E-state index is 10.5. The van der Waals surface area contributed by atoms with Crippen molar-refractivity contribution >= 4 is 12.1 Å². The molecule has 0 bridgehead atoms. The second kappa shape index (κ2) is 9.66. The van der Waals surface area contributed by atoms with Crippen LogP contribution in [0.3, 0.4) is 0 Å². The van der Waals surface area contributed by atoms with Gasteiger partial charge in [0, 0.05) is 12.6 Å². The quantitative estimate of drug-likeness (QED) is 0.436. The standard InChI is InChI=1S/C18H22N2O4.CH4/c1-12(13-3-6-15(24-2)7-4-13)19-10-18(23)14-5-8-17(22)16(9-14)20-11-21;/h3-9,11-12,18-19,22-23H,10H2,1-2H3,(H,20,21);1H4/t12-,18+;/m0./s1. The number of anilines is 1. The van der Waals surface area contributed by atoms with Gasteiger partial charge in [-0.25, -0.2) is 0 Å². The van der Waals surface area contributed by atoms with E-state index < -0.39 is 6.10 Å². The van der Waals surface area contributed by atoms with Gasteiger partial charge in [0.25, 0.3) is 0 Å². The second-order valence-corrected chi connectivity index (χ2v) is 5.46. The molecule has 25 heavy (non-hydrogen) atoms. The van der Waals surface area contributed by atoms with Gasteiger partial charge in [0.2, 0.25) is 6.41 Å². The highest BCUT2D eigenvalue weighted by molar-refractivity contribution is 5.75. The number of aliphatic hydroxyl groups is 1. The van der Waals surface area contributed by atoms with Gasteiger partial charge in [-0.05, 0) is 42.3 Å². The third-order valence-corrected chi connectivity index (χ3v) is 3.85. The minimum absolute atomic E-state index is 0. The lowest BCUT2D eigenvalue weighted by atomic mass is 10.1. The Balaban J connectivity index is 0.00000312. The number of carbonyl (C=O) groups excluding carboxylic acids is 1. The molecule has 0 fully saturated rings. The average molecular weight is 346 g/mol. The molecule has 0 aliphatic rings. The van der Waals surface area contributed by atoms with Crippen molar-refractivity contribution in [2.45, 2.75) is 26.5 Å². The average Bonchev–Trinajstić information content (AvgIpc) is 2.61. The van der Waals surface area contributed by atoms with Gasteiger partial charge in [-0.15, -0.1) is 0 Å². The van der Waals surface area contributed by atoms with Crippen LogP contribution in [0.25, 0.3) is 0 Å². The van der Waals surface area contributed by atoms with E-state index in [-0.39, 0.29) is 24.9 Å². The van der Waals surface area contributed by atoms with Gasteiger partial charge in [0.15, 0.2) is 0 Å². The van der Waals surface area contributed by atoms with Crippen LogP contribution in [-0.2, 0) is 4.79 Å². The fraction of sp³-hybridized carbons (Fsp3) is 0.316. The highest BCUT2D eigenvalue weighted by atomic mass is 16.5. The van der Waals surface area contributed by atoms with E-state index in [2.05, 4.69) is 10.6 Å². The third kappa shape index (κ3) is 5.48. The molecule has 0 unspecified atom stereocenters. The SMILES string of the molecule is C.COc1ccc([C@H](C)NC[C@@H](O)c2ccc(O)c(NC=O)c2)cc1. The van der Waals surface area contributed by atoms with Crippen LogP contribution in [0.4, 0.5) is 5.69 Å². The molecule has 2 rings (SSSR count). The number of aromatic hydroxyl groups is 1. The molecule has 136 valence electrons. The largest absolute Gasteiger partial charge is 0.506 e. The number of nitrogens with one attached hydrogen (secondary N) is 2. The lowest BCUT2D eigenvalue weighted by molar-refractivity contribution is -0.105.